The molecule has 0 saturated carbocycles. The van der Waals surface area contributed by atoms with Crippen LogP contribution in [0.5, 0.6) is 0 Å². The number of thiocarbonyl (C=S) groups is 3. The zero-order valence-corrected chi connectivity index (χ0v) is 15.4. The minimum Gasteiger partial charge on any atom is -0.377 e. The maximum atomic E-state index is 10.2. The van der Waals surface area contributed by atoms with Crippen molar-refractivity contribution in [3.05, 3.63) is 0 Å². The fraction of sp³-hybridized carbons (Fsp3) is 0.700. The summed E-state index contributed by atoms with van der Waals surface area (Å²) in [7, 11) is -3.05. The number of hydrogen-bond donors (Lipinski definition) is 3. The summed E-state index contributed by atoms with van der Waals surface area (Å²) in [6.07, 6.45) is 0.655. The molecule has 0 unspecified atom stereocenters. The fourth-order valence-corrected chi connectivity index (χ4v) is 1.69. The minimum atomic E-state index is -3.05. The lowest BCUT2D eigenvalue weighted by molar-refractivity contribution is -0.0979. The van der Waals surface area contributed by atoms with Gasteiger partial charge in [0.25, 0.3) is 10.1 Å². The molecule has 1 aliphatic heterocycles. The first-order valence-electron chi connectivity index (χ1n) is 5.68. The van der Waals surface area contributed by atoms with Gasteiger partial charge in [-0.25, -0.2) is 0 Å². The lowest BCUT2D eigenvalue weighted by Crippen LogP contribution is -2.18. The Morgan fingerprint density at radius 1 is 1.29 bits per heavy atom. The van der Waals surface area contributed by atoms with Crippen molar-refractivity contribution in [2.75, 3.05) is 25.4 Å². The summed E-state index contributed by atoms with van der Waals surface area (Å²) in [5.74, 6) is 0.201. The van der Waals surface area contributed by atoms with E-state index < -0.39 is 10.1 Å². The second-order valence-electron chi connectivity index (χ2n) is 2.88. The normalized spacial score (nSPS) is 13.0. The summed E-state index contributed by atoms with van der Waals surface area (Å²) in [5.41, 5.74) is 9.24. The molecular formula is C10H23N3O4S4. The van der Waals surface area contributed by atoms with Crippen molar-refractivity contribution in [3.8, 4) is 0 Å². The number of nitrogens with one attached hydrogen (secondary N) is 1. The summed E-state index contributed by atoms with van der Waals surface area (Å²) in [6.45, 7) is 8.77. The first-order chi connectivity index (χ1) is 9.77. The average molecular weight is 378 g/mol. The van der Waals surface area contributed by atoms with Crippen molar-refractivity contribution in [1.29, 1.82) is 0 Å². The van der Waals surface area contributed by atoms with Gasteiger partial charge in [-0.05, 0) is 56.2 Å². The van der Waals surface area contributed by atoms with E-state index in [1.807, 2.05) is 11.1 Å². The van der Waals surface area contributed by atoms with E-state index in [0.717, 1.165) is 13.1 Å². The lowest BCUT2D eigenvalue weighted by atomic mass is 10.5. The van der Waals surface area contributed by atoms with Crippen LogP contribution in [-0.2, 0) is 19.1 Å². The Morgan fingerprint density at radius 3 is 1.67 bits per heavy atom. The molecule has 126 valence electrons. The van der Waals surface area contributed by atoms with E-state index >= 15 is 0 Å². The Bertz CT molecular complexity index is 339. The molecule has 5 N–H and O–H groups in total. The second-order valence-corrected chi connectivity index (χ2v) is 5.78. The van der Waals surface area contributed by atoms with Gasteiger partial charge in [0.15, 0.2) is 5.11 Å². The van der Waals surface area contributed by atoms with E-state index in [1.54, 1.807) is 0 Å². The molecule has 0 aromatic heterocycles. The number of carbonyl (C=O) groups excluding carboxylic acids is 1. The van der Waals surface area contributed by atoms with Crippen molar-refractivity contribution in [2.24, 2.45) is 11.5 Å². The highest BCUT2D eigenvalue weighted by atomic mass is 32.2. The Labute approximate surface area is 142 Å². The summed E-state index contributed by atoms with van der Waals surface area (Å²) >= 11 is 12.0. The predicted octanol–water partition coefficient (Wildman–Crippen LogP) is 0.374. The molecule has 1 aliphatic rings. The topological polar surface area (TPSA) is 125 Å². The predicted molar refractivity (Wildman–Crippen MR) is 96.9 cm³/mol. The van der Waals surface area contributed by atoms with Gasteiger partial charge in [-0.3, -0.25) is 4.18 Å². The molecule has 0 spiro atoms. The smallest absolute Gasteiger partial charge is 0.267 e. The summed E-state index contributed by atoms with van der Waals surface area (Å²) in [6, 6.07) is 0. The van der Waals surface area contributed by atoms with Crippen molar-refractivity contribution < 1.29 is 17.4 Å². The third-order valence-corrected chi connectivity index (χ3v) is 2.62. The minimum absolute atomic E-state index is 0.000000000000000222. The van der Waals surface area contributed by atoms with Crippen LogP contribution < -0.4 is 16.8 Å². The number of nitrogens with two attached hydrogens (primary N) is 2. The molecule has 0 aromatic rings. The van der Waals surface area contributed by atoms with Gasteiger partial charge in [-0.2, -0.15) is 8.42 Å². The molecule has 0 bridgehead atoms. The van der Waals surface area contributed by atoms with E-state index in [0.29, 0.717) is 13.0 Å². The van der Waals surface area contributed by atoms with Crippen LogP contribution in [0.4, 0.5) is 0 Å². The van der Waals surface area contributed by atoms with E-state index in [-0.39, 0.29) is 10.9 Å². The van der Waals surface area contributed by atoms with Crippen LogP contribution in [0.1, 0.15) is 20.3 Å². The molecule has 0 atom stereocenters. The maximum absolute atomic E-state index is 10.2. The van der Waals surface area contributed by atoms with Gasteiger partial charge in [-0.15, -0.1) is 0 Å². The highest BCUT2D eigenvalue weighted by molar-refractivity contribution is 7.93. The van der Waals surface area contributed by atoms with Gasteiger partial charge < -0.3 is 21.6 Å². The van der Waals surface area contributed by atoms with Crippen LogP contribution in [0, 0.1) is 0 Å². The highest BCUT2D eigenvalue weighted by Crippen LogP contribution is 2.04. The molecular weight excluding hydrogens is 354 g/mol. The fourth-order valence-electron chi connectivity index (χ4n) is 0.731. The summed E-state index contributed by atoms with van der Waals surface area (Å²) in [5, 5.41) is 3.11. The van der Waals surface area contributed by atoms with Crippen LogP contribution >= 0.6 is 36.7 Å². The third-order valence-electron chi connectivity index (χ3n) is 1.30. The molecule has 0 amide bonds. The van der Waals surface area contributed by atoms with Gasteiger partial charge in [0.2, 0.25) is 0 Å². The Hall–Kier alpha value is -0.550. The number of carbonyl (C=O) groups is 1. The molecule has 11 heteroatoms. The average Bonchev–Trinajstić information content (AvgIpc) is 2.78. The van der Waals surface area contributed by atoms with E-state index in [2.05, 4.69) is 71.5 Å². The van der Waals surface area contributed by atoms with Gasteiger partial charge in [0, 0.05) is 4.31 Å². The lowest BCUT2D eigenvalue weighted by Gasteiger charge is -1.86. The Morgan fingerprint density at radius 2 is 1.62 bits per heavy atom. The molecule has 21 heavy (non-hydrogen) atoms. The maximum Gasteiger partial charge on any atom is 0.267 e. The Kier molecular flexibility index (Phi) is 33.3. The van der Waals surface area contributed by atoms with Crippen molar-refractivity contribution >= 4 is 63.0 Å². The molecule has 1 fully saturated rings. The monoisotopic (exact) mass is 377 g/mol. The Balaban J connectivity index is -0.0000000927. The molecule has 0 aromatic carbocycles. The molecule has 1 rings (SSSR count). The van der Waals surface area contributed by atoms with Crippen molar-refractivity contribution in [3.63, 3.8) is 0 Å². The molecule has 0 radical (unpaired) electrons. The zero-order chi connectivity index (χ0) is 17.7. The van der Waals surface area contributed by atoms with Gasteiger partial charge >= 0.3 is 0 Å². The van der Waals surface area contributed by atoms with Gasteiger partial charge in [-0.1, -0.05) is 13.8 Å². The zero-order valence-electron chi connectivity index (χ0n) is 12.2. The van der Waals surface area contributed by atoms with Crippen LogP contribution in [0.25, 0.3) is 0 Å². The van der Waals surface area contributed by atoms with Crippen LogP contribution in [0.2, 0.25) is 0 Å². The first-order valence-corrected chi connectivity index (χ1v) is 8.48. The molecule has 7 nitrogen and oxygen atoms in total. The highest BCUT2D eigenvalue weighted by Gasteiger charge is 2.16. The second kappa shape index (κ2) is 24.5. The van der Waals surface area contributed by atoms with Crippen LogP contribution in [0.15, 0.2) is 0 Å². The quantitative estimate of drug-likeness (QED) is 0.459. The standard InChI is InChI=1S/C4H11N.C3H6O3S.CH4N2S.CH2O.CS2/c1-3-5-4-2;4-7(5)3-1-2-6-7;2-1(3)4;1-2;2-1-3/h5H,3-4H2,1-2H3;1-3H2;(H4,2,3,4);1H2;. The largest absolute Gasteiger partial charge is 0.377 e. The molecule has 0 aliphatic carbocycles. The third kappa shape index (κ3) is 54.2. The van der Waals surface area contributed by atoms with Crippen LogP contribution in [-0.4, -0.2) is 50.1 Å². The summed E-state index contributed by atoms with van der Waals surface area (Å²) < 4.78 is 26.6. The SMILES string of the molecule is C=O.CCNCC.NC(N)=S.O=S1(=O)CCCO1.S=C=S. The molecule has 1 heterocycles. The van der Waals surface area contributed by atoms with Gasteiger partial charge in [0.05, 0.1) is 12.4 Å². The van der Waals surface area contributed by atoms with E-state index in [1.165, 1.54) is 0 Å². The van der Waals surface area contributed by atoms with Gasteiger partial charge in [0.1, 0.15) is 6.79 Å². The molecule has 1 saturated heterocycles. The number of hydrogen-bond acceptors (Lipinski definition) is 8. The van der Waals surface area contributed by atoms with Crippen molar-refractivity contribution in [2.45, 2.75) is 20.3 Å². The summed E-state index contributed by atoms with van der Waals surface area (Å²) in [4.78, 5) is 8.00. The van der Waals surface area contributed by atoms with Crippen LogP contribution in [0.3, 0.4) is 0 Å². The number of rotatable bonds is 2. The van der Waals surface area contributed by atoms with E-state index in [4.69, 9.17) is 4.79 Å². The van der Waals surface area contributed by atoms with E-state index in [9.17, 15) is 8.42 Å². The van der Waals surface area contributed by atoms with Crippen molar-refractivity contribution in [1.82, 2.24) is 5.32 Å². The first kappa shape index (κ1) is 28.6.